The van der Waals surface area contributed by atoms with E-state index >= 15 is 0 Å². The van der Waals surface area contributed by atoms with Crippen LogP contribution in [0.5, 0.6) is 0 Å². The van der Waals surface area contributed by atoms with Gasteiger partial charge in [-0.15, -0.1) is 0 Å². The Labute approximate surface area is 164 Å². The van der Waals surface area contributed by atoms with Crippen molar-refractivity contribution in [1.82, 2.24) is 25.1 Å². The normalized spacial score (nSPS) is 13.8. The van der Waals surface area contributed by atoms with Crippen molar-refractivity contribution in [2.75, 3.05) is 10.6 Å². The number of nitrogens with one attached hydrogen (secondary N) is 3. The molecule has 4 rings (SSSR count). The van der Waals surface area contributed by atoms with Gasteiger partial charge < -0.3 is 16.0 Å². The Balaban J connectivity index is 1.44. The first-order chi connectivity index (χ1) is 13.5. The second-order valence-corrected chi connectivity index (χ2v) is 7.85. The Morgan fingerprint density at radius 1 is 0.929 bits per heavy atom. The van der Waals surface area contributed by atoms with Gasteiger partial charge in [0.05, 0.1) is 5.69 Å². The highest BCUT2D eigenvalue weighted by atomic mass is 15.3. The van der Waals surface area contributed by atoms with E-state index in [4.69, 9.17) is 0 Å². The van der Waals surface area contributed by atoms with Crippen LogP contribution in [0, 0.1) is 0 Å². The molecule has 0 aliphatic heterocycles. The molecule has 1 aliphatic carbocycles. The highest BCUT2D eigenvalue weighted by Crippen LogP contribution is 2.28. The van der Waals surface area contributed by atoms with Crippen LogP contribution in [0.2, 0.25) is 0 Å². The van der Waals surface area contributed by atoms with Crippen molar-refractivity contribution in [2.45, 2.75) is 39.2 Å². The number of nitrogens with zero attached hydrogens (tertiary/aromatic N) is 4. The predicted molar refractivity (Wildman–Crippen MR) is 112 cm³/mol. The fourth-order valence-electron chi connectivity index (χ4n) is 2.99. The van der Waals surface area contributed by atoms with E-state index in [0.29, 0.717) is 5.95 Å². The van der Waals surface area contributed by atoms with E-state index in [9.17, 15) is 0 Å². The molecule has 2 aromatic heterocycles. The van der Waals surface area contributed by atoms with Crippen molar-refractivity contribution in [2.24, 2.45) is 0 Å². The van der Waals surface area contributed by atoms with Crippen LogP contribution in [0.3, 0.4) is 0 Å². The second kappa shape index (κ2) is 7.34. The molecule has 7 heteroatoms. The minimum Gasteiger partial charge on any atom is -0.382 e. The number of hydrogen-bond donors (Lipinski definition) is 3. The number of hydrogen-bond acceptors (Lipinski definition) is 6. The lowest BCUT2D eigenvalue weighted by atomic mass is 9.97. The van der Waals surface area contributed by atoms with Gasteiger partial charge >= 0.3 is 0 Å². The molecular formula is C21H25N7. The summed E-state index contributed by atoms with van der Waals surface area (Å²) in [6, 6.07) is 11.8. The Bertz CT molecular complexity index is 967. The van der Waals surface area contributed by atoms with Gasteiger partial charge in [-0.3, -0.25) is 0 Å². The minimum absolute atomic E-state index is 0.0589. The zero-order valence-electron chi connectivity index (χ0n) is 16.4. The van der Waals surface area contributed by atoms with E-state index in [1.54, 1.807) is 12.4 Å². The van der Waals surface area contributed by atoms with Gasteiger partial charge in [-0.25, -0.2) is 9.67 Å². The summed E-state index contributed by atoms with van der Waals surface area (Å²) in [7, 11) is 0. The smallest absolute Gasteiger partial charge is 0.229 e. The van der Waals surface area contributed by atoms with Crippen molar-refractivity contribution in [3.63, 3.8) is 0 Å². The van der Waals surface area contributed by atoms with Gasteiger partial charge in [-0.1, -0.05) is 0 Å². The molecule has 0 atom stereocenters. The lowest BCUT2D eigenvalue weighted by Gasteiger charge is -2.32. The molecule has 144 valence electrons. The number of anilines is 3. The van der Waals surface area contributed by atoms with E-state index in [1.807, 2.05) is 47.3 Å². The van der Waals surface area contributed by atoms with Crippen LogP contribution in [0.15, 0.2) is 66.4 Å². The number of aromatic nitrogens is 4. The lowest BCUT2D eigenvalue weighted by molar-refractivity contribution is 0.446. The van der Waals surface area contributed by atoms with Crippen molar-refractivity contribution >= 4 is 17.5 Å². The molecule has 1 aromatic carbocycles. The molecule has 0 amide bonds. The molecule has 3 aromatic rings. The minimum atomic E-state index is 0.0589. The first-order valence-corrected chi connectivity index (χ1v) is 9.44. The van der Waals surface area contributed by atoms with Crippen LogP contribution in [0.25, 0.3) is 5.69 Å². The molecular weight excluding hydrogens is 350 g/mol. The predicted octanol–water partition coefficient (Wildman–Crippen LogP) is 4.21. The topological polar surface area (TPSA) is 79.7 Å². The van der Waals surface area contributed by atoms with E-state index < -0.39 is 0 Å². The highest BCUT2D eigenvalue weighted by molar-refractivity contribution is 5.57. The second-order valence-electron chi connectivity index (χ2n) is 7.85. The van der Waals surface area contributed by atoms with E-state index in [2.05, 4.69) is 51.8 Å². The zero-order valence-corrected chi connectivity index (χ0v) is 16.4. The fraction of sp³-hybridized carbons (Fsp3) is 0.286. The van der Waals surface area contributed by atoms with E-state index in [1.165, 1.54) is 11.4 Å². The molecule has 1 aliphatic rings. The molecule has 0 fully saturated rings. The van der Waals surface area contributed by atoms with Crippen LogP contribution in [0.4, 0.5) is 17.5 Å². The molecule has 0 spiro atoms. The van der Waals surface area contributed by atoms with Gasteiger partial charge in [-0.05, 0) is 70.0 Å². The third-order valence-corrected chi connectivity index (χ3v) is 4.34. The molecule has 0 unspecified atom stereocenters. The maximum Gasteiger partial charge on any atom is 0.229 e. The Kier molecular flexibility index (Phi) is 4.73. The third kappa shape index (κ3) is 4.31. The van der Waals surface area contributed by atoms with Crippen molar-refractivity contribution in [1.29, 1.82) is 0 Å². The standard InChI is InChI=1S/C21H25N7/c1-21(2,3)27-18-10-9-17(18)25-19-11-13-22-20(26-19)24-15-5-7-16(8-6-15)28-14-4-12-23-28/h4-8,11-14,27H,9-10H2,1-3H3,(H2,22,24,25,26). The molecule has 0 bridgehead atoms. The summed E-state index contributed by atoms with van der Waals surface area (Å²) in [6.45, 7) is 6.50. The average molecular weight is 375 g/mol. The maximum atomic E-state index is 4.58. The SMILES string of the molecule is CC(C)(C)NC1=C(Nc2ccnc(Nc3ccc(-n4cccn4)cc3)n2)CC1. The van der Waals surface area contributed by atoms with Crippen molar-refractivity contribution < 1.29 is 0 Å². The van der Waals surface area contributed by atoms with E-state index in [-0.39, 0.29) is 5.54 Å². The van der Waals surface area contributed by atoms with Crippen molar-refractivity contribution in [3.05, 3.63) is 66.4 Å². The van der Waals surface area contributed by atoms with Crippen LogP contribution in [0.1, 0.15) is 33.6 Å². The molecule has 7 nitrogen and oxygen atoms in total. The number of benzene rings is 1. The van der Waals surface area contributed by atoms with Gasteiger partial charge in [0.15, 0.2) is 0 Å². The van der Waals surface area contributed by atoms with Gasteiger partial charge in [0, 0.05) is 41.2 Å². The van der Waals surface area contributed by atoms with Gasteiger partial charge in [0.25, 0.3) is 0 Å². The monoisotopic (exact) mass is 375 g/mol. The molecule has 28 heavy (non-hydrogen) atoms. The van der Waals surface area contributed by atoms with Crippen molar-refractivity contribution in [3.8, 4) is 5.69 Å². The highest BCUT2D eigenvalue weighted by Gasteiger charge is 2.22. The first-order valence-electron chi connectivity index (χ1n) is 9.44. The van der Waals surface area contributed by atoms with Gasteiger partial charge in [-0.2, -0.15) is 10.1 Å². The van der Waals surface area contributed by atoms with E-state index in [0.717, 1.165) is 30.0 Å². The molecule has 0 saturated heterocycles. The zero-order chi connectivity index (χ0) is 19.6. The molecule has 3 N–H and O–H groups in total. The Hall–Kier alpha value is -3.35. The maximum absolute atomic E-state index is 4.58. The average Bonchev–Trinajstić information content (AvgIpc) is 3.19. The summed E-state index contributed by atoms with van der Waals surface area (Å²) in [5, 5.41) is 14.5. The summed E-state index contributed by atoms with van der Waals surface area (Å²) in [5.74, 6) is 1.34. The van der Waals surface area contributed by atoms with Crippen LogP contribution >= 0.6 is 0 Å². The largest absolute Gasteiger partial charge is 0.382 e. The molecule has 0 radical (unpaired) electrons. The van der Waals surface area contributed by atoms with Crippen LogP contribution in [-0.4, -0.2) is 25.3 Å². The van der Waals surface area contributed by atoms with Gasteiger partial charge in [0.1, 0.15) is 5.82 Å². The Morgan fingerprint density at radius 3 is 2.36 bits per heavy atom. The van der Waals surface area contributed by atoms with Gasteiger partial charge in [0.2, 0.25) is 5.95 Å². The summed E-state index contributed by atoms with van der Waals surface area (Å²) < 4.78 is 1.82. The number of rotatable bonds is 6. The summed E-state index contributed by atoms with van der Waals surface area (Å²) >= 11 is 0. The molecule has 2 heterocycles. The Morgan fingerprint density at radius 2 is 1.71 bits per heavy atom. The third-order valence-electron chi connectivity index (χ3n) is 4.34. The fourth-order valence-corrected chi connectivity index (χ4v) is 2.99. The summed E-state index contributed by atoms with van der Waals surface area (Å²) in [4.78, 5) is 8.91. The number of allylic oxidation sites excluding steroid dienone is 2. The first kappa shape index (κ1) is 18.0. The van der Waals surface area contributed by atoms with Crippen LogP contribution in [-0.2, 0) is 0 Å². The van der Waals surface area contributed by atoms with Crippen LogP contribution < -0.4 is 16.0 Å². The molecule has 0 saturated carbocycles. The lowest BCUT2D eigenvalue weighted by Crippen LogP contribution is -2.38. The summed E-state index contributed by atoms with van der Waals surface area (Å²) in [5.41, 5.74) is 4.44. The summed E-state index contributed by atoms with van der Waals surface area (Å²) in [6.07, 6.45) is 7.53. The quantitative estimate of drug-likeness (QED) is 0.599.